The smallest absolute Gasteiger partial charge is 0.0662 e. The van der Waals surface area contributed by atoms with Crippen LogP contribution in [0.25, 0.3) is 0 Å². The fraction of sp³-hybridized carbons (Fsp3) is 0.600. The molecule has 0 aromatic heterocycles. The van der Waals surface area contributed by atoms with Gasteiger partial charge in [-0.1, -0.05) is 30.3 Å². The summed E-state index contributed by atoms with van der Waals surface area (Å²) < 4.78 is 5.63. The average Bonchev–Trinajstić information content (AvgIpc) is 2.46. The highest BCUT2D eigenvalue weighted by Gasteiger charge is 2.35. The molecule has 1 aromatic carbocycles. The van der Waals surface area contributed by atoms with Crippen LogP contribution in [0.1, 0.15) is 18.4 Å². The van der Waals surface area contributed by atoms with Gasteiger partial charge >= 0.3 is 0 Å². The standard InChI is InChI=1S/C15H24N2O/c1-17(10-8-14-6-3-2-4-7-14)15(12-16)9-5-11-18-13-15/h2-4,6-7H,5,8-13,16H2,1H3. The second-order valence-corrected chi connectivity index (χ2v) is 5.24. The molecule has 1 unspecified atom stereocenters. The van der Waals surface area contributed by atoms with Crippen molar-refractivity contribution < 1.29 is 4.74 Å². The van der Waals surface area contributed by atoms with E-state index in [1.165, 1.54) is 5.56 Å². The molecular weight excluding hydrogens is 224 g/mol. The van der Waals surface area contributed by atoms with Gasteiger partial charge in [-0.3, -0.25) is 4.90 Å². The fourth-order valence-corrected chi connectivity index (χ4v) is 2.63. The van der Waals surface area contributed by atoms with E-state index in [0.29, 0.717) is 6.54 Å². The molecule has 1 heterocycles. The molecule has 18 heavy (non-hydrogen) atoms. The van der Waals surface area contributed by atoms with Crippen molar-refractivity contribution in [2.24, 2.45) is 5.73 Å². The van der Waals surface area contributed by atoms with Crippen molar-refractivity contribution in [2.45, 2.75) is 24.8 Å². The van der Waals surface area contributed by atoms with Crippen molar-refractivity contribution >= 4 is 0 Å². The predicted molar refractivity (Wildman–Crippen MR) is 74.6 cm³/mol. The fourth-order valence-electron chi connectivity index (χ4n) is 2.63. The summed E-state index contributed by atoms with van der Waals surface area (Å²) in [5, 5.41) is 0. The van der Waals surface area contributed by atoms with E-state index >= 15 is 0 Å². The quantitative estimate of drug-likeness (QED) is 0.861. The first-order valence-electron chi connectivity index (χ1n) is 6.80. The zero-order valence-electron chi connectivity index (χ0n) is 11.3. The van der Waals surface area contributed by atoms with Crippen LogP contribution in [0.15, 0.2) is 30.3 Å². The summed E-state index contributed by atoms with van der Waals surface area (Å²) in [4.78, 5) is 2.39. The molecule has 1 aliphatic heterocycles. The molecule has 2 N–H and O–H groups in total. The van der Waals surface area contributed by atoms with Crippen molar-refractivity contribution in [2.75, 3.05) is 33.4 Å². The predicted octanol–water partition coefficient (Wildman–Crippen LogP) is 1.67. The SMILES string of the molecule is CN(CCc1ccccc1)C1(CN)CCCOC1. The average molecular weight is 248 g/mol. The first-order valence-corrected chi connectivity index (χ1v) is 6.80. The van der Waals surface area contributed by atoms with Crippen LogP contribution in [0.5, 0.6) is 0 Å². The van der Waals surface area contributed by atoms with E-state index in [4.69, 9.17) is 10.5 Å². The van der Waals surface area contributed by atoms with E-state index in [9.17, 15) is 0 Å². The number of ether oxygens (including phenoxy) is 1. The Balaban J connectivity index is 1.91. The molecule has 1 aromatic rings. The molecule has 100 valence electrons. The second kappa shape index (κ2) is 6.32. The number of hydrogen-bond acceptors (Lipinski definition) is 3. The molecule has 3 heteroatoms. The number of nitrogens with two attached hydrogens (primary N) is 1. The Labute approximate surface area is 110 Å². The van der Waals surface area contributed by atoms with Crippen LogP contribution in [0.3, 0.4) is 0 Å². The summed E-state index contributed by atoms with van der Waals surface area (Å²) in [5.41, 5.74) is 7.42. The van der Waals surface area contributed by atoms with Gasteiger partial charge in [-0.15, -0.1) is 0 Å². The van der Waals surface area contributed by atoms with Crippen molar-refractivity contribution in [3.63, 3.8) is 0 Å². The number of hydrogen-bond donors (Lipinski definition) is 1. The zero-order valence-corrected chi connectivity index (χ0v) is 11.3. The maximum Gasteiger partial charge on any atom is 0.0662 e. The van der Waals surface area contributed by atoms with Gasteiger partial charge in [-0.2, -0.15) is 0 Å². The minimum absolute atomic E-state index is 0.0486. The van der Waals surface area contributed by atoms with E-state index in [-0.39, 0.29) is 5.54 Å². The lowest BCUT2D eigenvalue weighted by atomic mass is 9.90. The lowest BCUT2D eigenvalue weighted by molar-refractivity contribution is -0.0336. The van der Waals surface area contributed by atoms with Gasteiger partial charge < -0.3 is 10.5 Å². The zero-order chi connectivity index (χ0) is 12.8. The van der Waals surface area contributed by atoms with Crippen molar-refractivity contribution in [3.8, 4) is 0 Å². The van der Waals surface area contributed by atoms with Gasteiger partial charge in [-0.25, -0.2) is 0 Å². The minimum atomic E-state index is 0.0486. The summed E-state index contributed by atoms with van der Waals surface area (Å²) >= 11 is 0. The summed E-state index contributed by atoms with van der Waals surface area (Å²) in [6.07, 6.45) is 3.33. The van der Waals surface area contributed by atoms with Crippen LogP contribution in [-0.2, 0) is 11.2 Å². The van der Waals surface area contributed by atoms with Gasteiger partial charge in [0.15, 0.2) is 0 Å². The Morgan fingerprint density at radius 3 is 2.72 bits per heavy atom. The lowest BCUT2D eigenvalue weighted by Gasteiger charge is -2.43. The third-order valence-electron chi connectivity index (χ3n) is 4.07. The molecule has 1 saturated heterocycles. The van der Waals surface area contributed by atoms with Gasteiger partial charge in [0, 0.05) is 19.7 Å². The number of benzene rings is 1. The second-order valence-electron chi connectivity index (χ2n) is 5.24. The molecule has 0 saturated carbocycles. The Hall–Kier alpha value is -0.900. The normalized spacial score (nSPS) is 24.4. The minimum Gasteiger partial charge on any atom is -0.379 e. The maximum atomic E-state index is 5.99. The van der Waals surface area contributed by atoms with Crippen molar-refractivity contribution in [1.82, 2.24) is 4.90 Å². The van der Waals surface area contributed by atoms with Crippen LogP contribution in [-0.4, -0.2) is 43.8 Å². The van der Waals surface area contributed by atoms with Crippen LogP contribution < -0.4 is 5.73 Å². The topological polar surface area (TPSA) is 38.5 Å². The molecule has 1 fully saturated rings. The highest BCUT2D eigenvalue weighted by atomic mass is 16.5. The molecule has 1 atom stereocenters. The molecule has 0 radical (unpaired) electrons. The van der Waals surface area contributed by atoms with E-state index in [0.717, 1.165) is 39.0 Å². The number of nitrogens with zero attached hydrogens (tertiary/aromatic N) is 1. The number of rotatable bonds is 5. The third-order valence-corrected chi connectivity index (χ3v) is 4.07. The van der Waals surface area contributed by atoms with Gasteiger partial charge in [0.1, 0.15) is 0 Å². The molecule has 1 aliphatic rings. The third kappa shape index (κ3) is 3.10. The Bertz CT molecular complexity index is 347. The van der Waals surface area contributed by atoms with Gasteiger partial charge in [0.25, 0.3) is 0 Å². The maximum absolute atomic E-state index is 5.99. The Morgan fingerprint density at radius 1 is 1.33 bits per heavy atom. The monoisotopic (exact) mass is 248 g/mol. The first-order chi connectivity index (χ1) is 8.77. The summed E-state index contributed by atoms with van der Waals surface area (Å²) in [5.74, 6) is 0. The van der Waals surface area contributed by atoms with Crippen LogP contribution in [0.2, 0.25) is 0 Å². The van der Waals surface area contributed by atoms with E-state index in [1.54, 1.807) is 0 Å². The van der Waals surface area contributed by atoms with Crippen LogP contribution >= 0.6 is 0 Å². The highest BCUT2D eigenvalue weighted by molar-refractivity contribution is 5.15. The number of likely N-dealkylation sites (N-methyl/N-ethyl adjacent to an activating group) is 1. The van der Waals surface area contributed by atoms with E-state index in [1.807, 2.05) is 0 Å². The summed E-state index contributed by atoms with van der Waals surface area (Å²) in [6.45, 7) is 3.37. The Kier molecular flexibility index (Phi) is 4.75. The molecule has 3 nitrogen and oxygen atoms in total. The molecular formula is C15H24N2O. The summed E-state index contributed by atoms with van der Waals surface area (Å²) in [7, 11) is 2.17. The molecule has 0 amide bonds. The Morgan fingerprint density at radius 2 is 2.11 bits per heavy atom. The van der Waals surface area contributed by atoms with E-state index < -0.39 is 0 Å². The molecule has 2 rings (SSSR count). The molecule has 0 bridgehead atoms. The van der Waals surface area contributed by atoms with Crippen LogP contribution in [0.4, 0.5) is 0 Å². The van der Waals surface area contributed by atoms with Gasteiger partial charge in [0.05, 0.1) is 12.1 Å². The summed E-state index contributed by atoms with van der Waals surface area (Å²) in [6, 6.07) is 10.6. The van der Waals surface area contributed by atoms with Gasteiger partial charge in [-0.05, 0) is 31.9 Å². The molecule has 0 spiro atoms. The van der Waals surface area contributed by atoms with Gasteiger partial charge in [0.2, 0.25) is 0 Å². The van der Waals surface area contributed by atoms with Crippen LogP contribution in [0, 0.1) is 0 Å². The largest absolute Gasteiger partial charge is 0.379 e. The lowest BCUT2D eigenvalue weighted by Crippen LogP contribution is -2.57. The highest BCUT2D eigenvalue weighted by Crippen LogP contribution is 2.24. The van der Waals surface area contributed by atoms with E-state index in [2.05, 4.69) is 42.3 Å². The van der Waals surface area contributed by atoms with Crippen molar-refractivity contribution in [3.05, 3.63) is 35.9 Å². The molecule has 0 aliphatic carbocycles. The first kappa shape index (κ1) is 13.5. The van der Waals surface area contributed by atoms with Crippen molar-refractivity contribution in [1.29, 1.82) is 0 Å².